The number of benzene rings is 2. The maximum Gasteiger partial charge on any atom is 0.303 e. The summed E-state index contributed by atoms with van der Waals surface area (Å²) in [5, 5.41) is 9.23. The highest BCUT2D eigenvalue weighted by molar-refractivity contribution is 7.92. The van der Waals surface area contributed by atoms with Gasteiger partial charge in [0.05, 0.1) is 34.8 Å². The first-order valence-electron chi connectivity index (χ1n) is 8.12. The zero-order chi connectivity index (χ0) is 20.9. The lowest BCUT2D eigenvalue weighted by Crippen LogP contribution is -2.32. The van der Waals surface area contributed by atoms with Crippen LogP contribution in [0.25, 0.3) is 0 Å². The molecule has 0 spiro atoms. The van der Waals surface area contributed by atoms with Crippen LogP contribution >= 0.6 is 23.2 Å². The minimum atomic E-state index is -4.07. The van der Waals surface area contributed by atoms with E-state index in [0.717, 1.165) is 4.31 Å². The molecule has 152 valence electrons. The standard InChI is InChI=1S/C18H19Cl2NO6S/c1-26-12-5-8-16(17(10-12)27-2)21(9-3-4-18(22)23)28(24,25)13-6-7-14(19)15(20)11-13/h5-8,10-11H,3-4,9H2,1-2H3,(H,22,23). The Morgan fingerprint density at radius 3 is 2.36 bits per heavy atom. The molecule has 0 amide bonds. The number of carboxylic acids is 1. The highest BCUT2D eigenvalue weighted by Crippen LogP contribution is 2.36. The van der Waals surface area contributed by atoms with Crippen molar-refractivity contribution in [2.24, 2.45) is 0 Å². The van der Waals surface area contributed by atoms with Crippen molar-refractivity contribution in [1.29, 1.82) is 0 Å². The van der Waals surface area contributed by atoms with E-state index >= 15 is 0 Å². The third-order valence-electron chi connectivity index (χ3n) is 3.89. The number of nitrogens with zero attached hydrogens (tertiary/aromatic N) is 1. The number of hydrogen-bond acceptors (Lipinski definition) is 5. The quantitative estimate of drug-likeness (QED) is 0.622. The van der Waals surface area contributed by atoms with Crippen molar-refractivity contribution in [2.45, 2.75) is 17.7 Å². The Bertz CT molecular complexity index is 965. The van der Waals surface area contributed by atoms with Crippen LogP contribution in [-0.4, -0.2) is 40.3 Å². The number of carbonyl (C=O) groups is 1. The first kappa shape index (κ1) is 22.1. The highest BCUT2D eigenvalue weighted by atomic mass is 35.5. The van der Waals surface area contributed by atoms with Crippen LogP contribution in [0.2, 0.25) is 10.0 Å². The highest BCUT2D eigenvalue weighted by Gasteiger charge is 2.28. The summed E-state index contributed by atoms with van der Waals surface area (Å²) in [5.41, 5.74) is 0.250. The lowest BCUT2D eigenvalue weighted by atomic mass is 10.2. The van der Waals surface area contributed by atoms with E-state index in [-0.39, 0.29) is 45.8 Å². The summed E-state index contributed by atoms with van der Waals surface area (Å²) < 4.78 is 38.1. The van der Waals surface area contributed by atoms with Gasteiger partial charge in [-0.1, -0.05) is 23.2 Å². The maximum absolute atomic E-state index is 13.3. The second kappa shape index (κ2) is 9.36. The molecule has 0 bridgehead atoms. The number of hydrogen-bond donors (Lipinski definition) is 1. The summed E-state index contributed by atoms with van der Waals surface area (Å²) in [7, 11) is -1.19. The summed E-state index contributed by atoms with van der Waals surface area (Å²) >= 11 is 11.9. The molecule has 0 saturated heterocycles. The Balaban J connectivity index is 2.55. The van der Waals surface area contributed by atoms with Crippen molar-refractivity contribution < 1.29 is 27.8 Å². The van der Waals surface area contributed by atoms with Crippen LogP contribution in [-0.2, 0) is 14.8 Å². The summed E-state index contributed by atoms with van der Waals surface area (Å²) in [5.74, 6) is -0.273. The van der Waals surface area contributed by atoms with Crippen LogP contribution in [0.5, 0.6) is 11.5 Å². The van der Waals surface area contributed by atoms with Crippen LogP contribution in [0.15, 0.2) is 41.3 Å². The van der Waals surface area contributed by atoms with Crippen LogP contribution in [0.4, 0.5) is 5.69 Å². The van der Waals surface area contributed by atoms with E-state index in [1.807, 2.05) is 0 Å². The predicted molar refractivity (Wildman–Crippen MR) is 107 cm³/mol. The Kier molecular flexibility index (Phi) is 7.40. The minimum absolute atomic E-state index is 0.0719. The van der Waals surface area contributed by atoms with Gasteiger partial charge >= 0.3 is 5.97 Å². The van der Waals surface area contributed by atoms with Crippen molar-refractivity contribution in [3.8, 4) is 11.5 Å². The predicted octanol–water partition coefficient (Wildman–Crippen LogP) is 4.07. The molecule has 0 fully saturated rings. The number of ether oxygens (including phenoxy) is 2. The molecular weight excluding hydrogens is 429 g/mol. The summed E-state index contributed by atoms with van der Waals surface area (Å²) in [4.78, 5) is 10.8. The number of methoxy groups -OCH3 is 2. The van der Waals surface area contributed by atoms with Gasteiger partial charge < -0.3 is 14.6 Å². The van der Waals surface area contributed by atoms with Crippen molar-refractivity contribution in [2.75, 3.05) is 25.1 Å². The molecular formula is C18H19Cl2NO6S. The Labute approximate surface area is 173 Å². The van der Waals surface area contributed by atoms with Gasteiger partial charge in [0.1, 0.15) is 11.5 Å². The molecule has 2 rings (SSSR count). The first-order chi connectivity index (χ1) is 13.2. The molecule has 0 saturated carbocycles. The molecule has 0 aliphatic carbocycles. The van der Waals surface area contributed by atoms with Gasteiger partial charge in [0, 0.05) is 19.0 Å². The molecule has 2 aromatic rings. The number of aliphatic carboxylic acids is 1. The molecule has 2 aromatic carbocycles. The van der Waals surface area contributed by atoms with Gasteiger partial charge in [-0.15, -0.1) is 0 Å². The smallest absolute Gasteiger partial charge is 0.303 e. The van der Waals surface area contributed by atoms with Crippen molar-refractivity contribution in [3.05, 3.63) is 46.4 Å². The summed E-state index contributed by atoms with van der Waals surface area (Å²) in [6.45, 7) is -0.0719. The topological polar surface area (TPSA) is 93.1 Å². The average molecular weight is 448 g/mol. The Hall–Kier alpha value is -2.16. The third-order valence-corrected chi connectivity index (χ3v) is 6.43. The van der Waals surface area contributed by atoms with Gasteiger partial charge in [-0.3, -0.25) is 9.10 Å². The monoisotopic (exact) mass is 447 g/mol. The van der Waals surface area contributed by atoms with Crippen molar-refractivity contribution in [3.63, 3.8) is 0 Å². The molecule has 1 N–H and O–H groups in total. The van der Waals surface area contributed by atoms with E-state index in [4.69, 9.17) is 37.8 Å². The van der Waals surface area contributed by atoms with Crippen LogP contribution < -0.4 is 13.8 Å². The van der Waals surface area contributed by atoms with Gasteiger partial charge in [0.15, 0.2) is 0 Å². The van der Waals surface area contributed by atoms with Gasteiger partial charge in [0.25, 0.3) is 10.0 Å². The molecule has 28 heavy (non-hydrogen) atoms. The van der Waals surface area contributed by atoms with E-state index in [9.17, 15) is 13.2 Å². The molecule has 0 aliphatic rings. The van der Waals surface area contributed by atoms with E-state index < -0.39 is 16.0 Å². The first-order valence-corrected chi connectivity index (χ1v) is 10.3. The lowest BCUT2D eigenvalue weighted by molar-refractivity contribution is -0.137. The van der Waals surface area contributed by atoms with E-state index in [1.54, 1.807) is 12.1 Å². The second-order valence-electron chi connectivity index (χ2n) is 5.69. The van der Waals surface area contributed by atoms with Crippen LogP contribution in [0, 0.1) is 0 Å². The number of rotatable bonds is 9. The zero-order valence-corrected chi connectivity index (χ0v) is 17.5. The number of halogens is 2. The maximum atomic E-state index is 13.3. The average Bonchev–Trinajstić information content (AvgIpc) is 2.66. The van der Waals surface area contributed by atoms with Gasteiger partial charge in [-0.25, -0.2) is 8.42 Å². The summed E-state index contributed by atoms with van der Waals surface area (Å²) in [6, 6.07) is 8.64. The molecule has 0 aliphatic heterocycles. The van der Waals surface area contributed by atoms with Crippen molar-refractivity contribution >= 4 is 44.9 Å². The van der Waals surface area contributed by atoms with Crippen molar-refractivity contribution in [1.82, 2.24) is 0 Å². The van der Waals surface area contributed by atoms with Gasteiger partial charge in [0.2, 0.25) is 0 Å². The fourth-order valence-corrected chi connectivity index (χ4v) is 4.40. The zero-order valence-electron chi connectivity index (χ0n) is 15.2. The van der Waals surface area contributed by atoms with E-state index in [1.165, 1.54) is 38.5 Å². The SMILES string of the molecule is COc1ccc(N(CCCC(=O)O)S(=O)(=O)c2ccc(Cl)c(Cl)c2)c(OC)c1. The van der Waals surface area contributed by atoms with E-state index in [0.29, 0.717) is 5.75 Å². The van der Waals surface area contributed by atoms with Crippen LogP contribution in [0.1, 0.15) is 12.8 Å². The molecule has 0 unspecified atom stereocenters. The van der Waals surface area contributed by atoms with Crippen LogP contribution in [0.3, 0.4) is 0 Å². The van der Waals surface area contributed by atoms with Gasteiger partial charge in [-0.05, 0) is 36.8 Å². The van der Waals surface area contributed by atoms with Gasteiger partial charge in [-0.2, -0.15) is 0 Å². The van der Waals surface area contributed by atoms with E-state index in [2.05, 4.69) is 0 Å². The lowest BCUT2D eigenvalue weighted by Gasteiger charge is -2.26. The molecule has 10 heteroatoms. The Morgan fingerprint density at radius 1 is 1.07 bits per heavy atom. The third kappa shape index (κ3) is 5.01. The molecule has 0 heterocycles. The Morgan fingerprint density at radius 2 is 1.79 bits per heavy atom. The largest absolute Gasteiger partial charge is 0.497 e. The molecule has 7 nitrogen and oxygen atoms in total. The molecule has 0 radical (unpaired) electrons. The summed E-state index contributed by atoms with van der Waals surface area (Å²) in [6.07, 6.45) is -0.0864. The molecule has 0 aromatic heterocycles. The normalized spacial score (nSPS) is 11.1. The second-order valence-corrected chi connectivity index (χ2v) is 8.36. The fraction of sp³-hybridized carbons (Fsp3) is 0.278. The molecule has 0 atom stereocenters. The minimum Gasteiger partial charge on any atom is -0.497 e. The number of carboxylic acid groups (broad SMARTS) is 1. The number of anilines is 1. The fourth-order valence-electron chi connectivity index (χ4n) is 2.50. The number of sulfonamides is 1.